The minimum absolute atomic E-state index is 0.0360. The Bertz CT molecular complexity index is 479. The zero-order chi connectivity index (χ0) is 9.97. The van der Waals surface area contributed by atoms with E-state index < -0.39 is 0 Å². The van der Waals surface area contributed by atoms with E-state index in [-0.39, 0.29) is 5.12 Å². The van der Waals surface area contributed by atoms with Gasteiger partial charge in [0.2, 0.25) is 0 Å². The van der Waals surface area contributed by atoms with Gasteiger partial charge in [-0.05, 0) is 17.8 Å². The lowest BCUT2D eigenvalue weighted by Crippen LogP contribution is -1.89. The van der Waals surface area contributed by atoms with Crippen molar-refractivity contribution < 1.29 is 4.79 Å². The van der Waals surface area contributed by atoms with Crippen LogP contribution < -0.4 is 0 Å². The summed E-state index contributed by atoms with van der Waals surface area (Å²) in [7, 11) is 0. The minimum atomic E-state index is 0.0360. The Kier molecular flexibility index (Phi) is 2.45. The molecule has 0 atom stereocenters. The predicted octanol–water partition coefficient (Wildman–Crippen LogP) is 2.27. The molecule has 2 aromatic rings. The van der Waals surface area contributed by atoms with Gasteiger partial charge in [-0.3, -0.25) is 4.79 Å². The standard InChI is InChI=1S/C10H8N2OS/c1-7(13)14-10-8-4-2-3-5-9(8)11-6-12-10/h2-6H,1H3. The van der Waals surface area contributed by atoms with Crippen molar-refractivity contribution >= 4 is 27.8 Å². The van der Waals surface area contributed by atoms with Gasteiger partial charge in [0.15, 0.2) is 5.12 Å². The first-order chi connectivity index (χ1) is 6.77. The molecule has 4 heteroatoms. The van der Waals surface area contributed by atoms with Crippen molar-refractivity contribution in [3.63, 3.8) is 0 Å². The average Bonchev–Trinajstić information content (AvgIpc) is 2.18. The van der Waals surface area contributed by atoms with Crippen LogP contribution in [0, 0.1) is 0 Å². The van der Waals surface area contributed by atoms with Crippen LogP contribution in [-0.2, 0) is 4.79 Å². The van der Waals surface area contributed by atoms with Crippen LogP contribution in [0.2, 0.25) is 0 Å². The molecule has 3 nitrogen and oxygen atoms in total. The molecule has 0 aliphatic rings. The van der Waals surface area contributed by atoms with Gasteiger partial charge < -0.3 is 0 Å². The number of benzene rings is 1. The molecule has 0 spiro atoms. The van der Waals surface area contributed by atoms with E-state index in [4.69, 9.17) is 0 Å². The Hall–Kier alpha value is -1.42. The lowest BCUT2D eigenvalue weighted by molar-refractivity contribution is -0.109. The molecule has 0 bridgehead atoms. The van der Waals surface area contributed by atoms with Crippen LogP contribution in [0.15, 0.2) is 35.6 Å². The summed E-state index contributed by atoms with van der Waals surface area (Å²) in [5.74, 6) is 0. The van der Waals surface area contributed by atoms with Gasteiger partial charge in [-0.15, -0.1) is 0 Å². The Morgan fingerprint density at radius 3 is 2.86 bits per heavy atom. The summed E-state index contributed by atoms with van der Waals surface area (Å²) in [4.78, 5) is 19.2. The Balaban J connectivity index is 2.59. The third-order valence-corrected chi connectivity index (χ3v) is 2.55. The topological polar surface area (TPSA) is 42.9 Å². The van der Waals surface area contributed by atoms with E-state index >= 15 is 0 Å². The maximum absolute atomic E-state index is 11.0. The average molecular weight is 204 g/mol. The summed E-state index contributed by atoms with van der Waals surface area (Å²) >= 11 is 1.14. The van der Waals surface area contributed by atoms with Crippen LogP contribution in [0.1, 0.15) is 6.92 Å². The fraction of sp³-hybridized carbons (Fsp3) is 0.100. The van der Waals surface area contributed by atoms with Crippen LogP contribution in [-0.4, -0.2) is 15.1 Å². The molecule has 0 aliphatic carbocycles. The fourth-order valence-corrected chi connectivity index (χ4v) is 1.85. The molecule has 0 fully saturated rings. The molecule has 0 saturated carbocycles. The van der Waals surface area contributed by atoms with Gasteiger partial charge in [0.1, 0.15) is 11.4 Å². The van der Waals surface area contributed by atoms with Crippen molar-refractivity contribution in [1.82, 2.24) is 9.97 Å². The van der Waals surface area contributed by atoms with Gasteiger partial charge in [-0.1, -0.05) is 18.2 Å². The second-order valence-electron chi connectivity index (χ2n) is 2.79. The molecule has 0 aliphatic heterocycles. The number of fused-ring (bicyclic) bond motifs is 1. The summed E-state index contributed by atoms with van der Waals surface area (Å²) < 4.78 is 0. The summed E-state index contributed by atoms with van der Waals surface area (Å²) in [5.41, 5.74) is 0.867. The zero-order valence-electron chi connectivity index (χ0n) is 7.60. The van der Waals surface area contributed by atoms with E-state index in [9.17, 15) is 4.79 Å². The van der Waals surface area contributed by atoms with Crippen molar-refractivity contribution in [2.45, 2.75) is 11.9 Å². The lowest BCUT2D eigenvalue weighted by atomic mass is 10.2. The van der Waals surface area contributed by atoms with Gasteiger partial charge in [0, 0.05) is 12.3 Å². The molecule has 1 aromatic carbocycles. The number of hydrogen-bond acceptors (Lipinski definition) is 4. The molecular weight excluding hydrogens is 196 g/mol. The highest BCUT2D eigenvalue weighted by Crippen LogP contribution is 2.24. The number of hydrogen-bond donors (Lipinski definition) is 0. The SMILES string of the molecule is CC(=O)Sc1ncnc2ccccc12. The van der Waals surface area contributed by atoms with Crippen LogP contribution in [0.5, 0.6) is 0 Å². The van der Waals surface area contributed by atoms with Gasteiger partial charge >= 0.3 is 0 Å². The maximum Gasteiger partial charge on any atom is 0.192 e. The van der Waals surface area contributed by atoms with E-state index in [1.165, 1.54) is 13.3 Å². The molecular formula is C10H8N2OS. The molecule has 2 rings (SSSR count). The van der Waals surface area contributed by atoms with Crippen LogP contribution in [0.25, 0.3) is 10.9 Å². The van der Waals surface area contributed by atoms with E-state index in [0.29, 0.717) is 0 Å². The van der Waals surface area contributed by atoms with Crippen molar-refractivity contribution in [2.24, 2.45) is 0 Å². The minimum Gasteiger partial charge on any atom is -0.287 e. The molecule has 0 amide bonds. The number of rotatable bonds is 1. The molecule has 0 saturated heterocycles. The number of para-hydroxylation sites is 1. The van der Waals surface area contributed by atoms with Crippen molar-refractivity contribution in [2.75, 3.05) is 0 Å². The van der Waals surface area contributed by atoms with Crippen LogP contribution in [0.3, 0.4) is 0 Å². The fourth-order valence-electron chi connectivity index (χ4n) is 1.20. The molecule has 1 aromatic heterocycles. The van der Waals surface area contributed by atoms with Gasteiger partial charge in [0.25, 0.3) is 0 Å². The molecule has 14 heavy (non-hydrogen) atoms. The third-order valence-electron chi connectivity index (χ3n) is 1.75. The van der Waals surface area contributed by atoms with Crippen LogP contribution in [0.4, 0.5) is 0 Å². The largest absolute Gasteiger partial charge is 0.287 e. The van der Waals surface area contributed by atoms with E-state index in [1.807, 2.05) is 24.3 Å². The third kappa shape index (κ3) is 1.75. The van der Waals surface area contributed by atoms with E-state index in [0.717, 1.165) is 27.7 Å². The first kappa shape index (κ1) is 9.15. The highest BCUT2D eigenvalue weighted by atomic mass is 32.2. The quantitative estimate of drug-likeness (QED) is 0.528. The second kappa shape index (κ2) is 3.75. The molecule has 70 valence electrons. The van der Waals surface area contributed by atoms with E-state index in [2.05, 4.69) is 9.97 Å². The number of carbonyl (C=O) groups is 1. The van der Waals surface area contributed by atoms with Gasteiger partial charge in [-0.2, -0.15) is 0 Å². The number of aromatic nitrogens is 2. The smallest absolute Gasteiger partial charge is 0.192 e. The molecule has 0 radical (unpaired) electrons. The first-order valence-electron chi connectivity index (χ1n) is 4.15. The van der Waals surface area contributed by atoms with E-state index in [1.54, 1.807) is 0 Å². The first-order valence-corrected chi connectivity index (χ1v) is 4.97. The lowest BCUT2D eigenvalue weighted by Gasteiger charge is -2.00. The highest BCUT2D eigenvalue weighted by molar-refractivity contribution is 8.13. The highest BCUT2D eigenvalue weighted by Gasteiger charge is 2.05. The number of nitrogens with zero attached hydrogens (tertiary/aromatic N) is 2. The van der Waals surface area contributed by atoms with Crippen LogP contribution >= 0.6 is 11.8 Å². The summed E-state index contributed by atoms with van der Waals surface area (Å²) in [5, 5.41) is 1.69. The molecule has 1 heterocycles. The maximum atomic E-state index is 11.0. The molecule has 0 N–H and O–H groups in total. The van der Waals surface area contributed by atoms with Crippen molar-refractivity contribution in [3.8, 4) is 0 Å². The van der Waals surface area contributed by atoms with Crippen molar-refractivity contribution in [3.05, 3.63) is 30.6 Å². The van der Waals surface area contributed by atoms with Crippen molar-refractivity contribution in [1.29, 1.82) is 0 Å². The Labute approximate surface area is 85.6 Å². The van der Waals surface area contributed by atoms with Gasteiger partial charge in [-0.25, -0.2) is 9.97 Å². The summed E-state index contributed by atoms with van der Waals surface area (Å²) in [6, 6.07) is 7.65. The number of carbonyl (C=O) groups excluding carboxylic acids is 1. The Morgan fingerprint density at radius 2 is 2.07 bits per heavy atom. The summed E-state index contributed by atoms with van der Waals surface area (Å²) in [6.45, 7) is 1.53. The summed E-state index contributed by atoms with van der Waals surface area (Å²) in [6.07, 6.45) is 1.48. The molecule has 0 unspecified atom stereocenters. The monoisotopic (exact) mass is 204 g/mol. The predicted molar refractivity (Wildman–Crippen MR) is 56.1 cm³/mol. The van der Waals surface area contributed by atoms with Gasteiger partial charge in [0.05, 0.1) is 5.52 Å². The zero-order valence-corrected chi connectivity index (χ0v) is 8.41. The normalized spacial score (nSPS) is 10.4. The second-order valence-corrected chi connectivity index (χ2v) is 3.96. The Morgan fingerprint density at radius 1 is 1.29 bits per heavy atom. The number of thioether (sulfide) groups is 1.